The molecule has 1 aliphatic heterocycles. The van der Waals surface area contributed by atoms with Crippen LogP contribution >= 0.6 is 0 Å². The molecule has 0 aliphatic carbocycles. The molecule has 1 fully saturated rings. The van der Waals surface area contributed by atoms with Crippen molar-refractivity contribution in [2.45, 2.75) is 59.2 Å². The number of methoxy groups -OCH3 is 1. The number of fused-ring (bicyclic) bond motifs is 1. The van der Waals surface area contributed by atoms with Gasteiger partial charge in [0.25, 0.3) is 0 Å². The van der Waals surface area contributed by atoms with Crippen molar-refractivity contribution in [3.05, 3.63) is 29.7 Å². The summed E-state index contributed by atoms with van der Waals surface area (Å²) < 4.78 is 12.9. The Balaban J connectivity index is 1.40. The van der Waals surface area contributed by atoms with Gasteiger partial charge in [-0.05, 0) is 38.8 Å². The molecule has 0 aromatic carbocycles. The van der Waals surface area contributed by atoms with Crippen LogP contribution in [-0.4, -0.2) is 86.1 Å². The largest absolute Gasteiger partial charge is 0.495 e. The maximum absolute atomic E-state index is 12.3. The first kappa shape index (κ1) is 27.4. The molecule has 12 nitrogen and oxygen atoms in total. The van der Waals surface area contributed by atoms with Crippen LogP contribution in [0.3, 0.4) is 0 Å². The van der Waals surface area contributed by atoms with Gasteiger partial charge in [-0.2, -0.15) is 10.1 Å². The zero-order chi connectivity index (χ0) is 27.3. The summed E-state index contributed by atoms with van der Waals surface area (Å²) in [7, 11) is 1.64. The molecule has 4 heterocycles. The second-order valence-electron chi connectivity index (χ2n) is 10.5. The summed E-state index contributed by atoms with van der Waals surface area (Å²) in [6.07, 6.45) is 5.57. The molecular formula is C26H39N9O3. The molecule has 3 N–H and O–H groups in total. The fourth-order valence-electron chi connectivity index (χ4n) is 4.29. The van der Waals surface area contributed by atoms with Gasteiger partial charge in [0, 0.05) is 45.5 Å². The lowest BCUT2D eigenvalue weighted by Gasteiger charge is -2.35. The summed E-state index contributed by atoms with van der Waals surface area (Å²) in [4.78, 5) is 29.8. The fraction of sp³-hybridized carbons (Fsp3) is 0.577. The van der Waals surface area contributed by atoms with E-state index in [1.807, 2.05) is 39.2 Å². The number of ether oxygens (including phenoxy) is 2. The van der Waals surface area contributed by atoms with Crippen LogP contribution in [0.15, 0.2) is 18.5 Å². The highest BCUT2D eigenvalue weighted by Crippen LogP contribution is 2.23. The molecule has 0 spiro atoms. The first-order valence-electron chi connectivity index (χ1n) is 13.1. The lowest BCUT2D eigenvalue weighted by atomic mass is 10.2. The predicted octanol–water partition coefficient (Wildman–Crippen LogP) is 3.13. The van der Waals surface area contributed by atoms with Crippen LogP contribution in [0.1, 0.15) is 51.8 Å². The molecule has 0 radical (unpaired) electrons. The van der Waals surface area contributed by atoms with Crippen LogP contribution in [0.4, 0.5) is 16.6 Å². The number of aromatic nitrogens is 5. The number of carbonyl (C=O) groups is 1. The highest BCUT2D eigenvalue weighted by atomic mass is 16.6. The molecule has 1 amide bonds. The maximum atomic E-state index is 12.3. The third kappa shape index (κ3) is 7.00. The number of hydrogen-bond acceptors (Lipinski definition) is 10. The number of unbranched alkanes of at least 4 members (excludes halogenated alkanes) is 1. The minimum atomic E-state index is -0.490. The second kappa shape index (κ2) is 11.8. The van der Waals surface area contributed by atoms with Gasteiger partial charge >= 0.3 is 6.09 Å². The Morgan fingerprint density at radius 1 is 1.16 bits per heavy atom. The van der Waals surface area contributed by atoms with Crippen molar-refractivity contribution in [1.82, 2.24) is 34.5 Å². The van der Waals surface area contributed by atoms with Crippen LogP contribution in [-0.2, 0) is 17.8 Å². The Morgan fingerprint density at radius 3 is 2.61 bits per heavy atom. The number of hydrogen-bond donors (Lipinski definition) is 2. The van der Waals surface area contributed by atoms with E-state index >= 15 is 0 Å². The van der Waals surface area contributed by atoms with Crippen LogP contribution in [0.5, 0.6) is 5.75 Å². The van der Waals surface area contributed by atoms with Crippen LogP contribution < -0.4 is 15.8 Å². The van der Waals surface area contributed by atoms with Crippen LogP contribution in [0.25, 0.3) is 11.0 Å². The number of nitrogen functional groups attached to an aromatic ring is 1. The van der Waals surface area contributed by atoms with Gasteiger partial charge in [-0.3, -0.25) is 14.6 Å². The number of anilines is 2. The van der Waals surface area contributed by atoms with Gasteiger partial charge in [-0.25, -0.2) is 9.78 Å². The van der Waals surface area contributed by atoms with E-state index in [9.17, 15) is 4.79 Å². The van der Waals surface area contributed by atoms with Crippen molar-refractivity contribution >= 4 is 28.9 Å². The molecule has 0 unspecified atom stereocenters. The van der Waals surface area contributed by atoms with Gasteiger partial charge in [0.15, 0.2) is 11.3 Å². The summed E-state index contributed by atoms with van der Waals surface area (Å²) in [5, 5.41) is 8.00. The van der Waals surface area contributed by atoms with E-state index in [0.29, 0.717) is 42.2 Å². The van der Waals surface area contributed by atoms with Crippen molar-refractivity contribution in [2.75, 3.05) is 50.9 Å². The number of pyridine rings is 1. The lowest BCUT2D eigenvalue weighted by Crippen LogP contribution is -2.49. The molecule has 1 saturated heterocycles. The molecular weight excluding hydrogens is 486 g/mol. The average Bonchev–Trinajstić information content (AvgIpc) is 3.26. The minimum Gasteiger partial charge on any atom is -0.495 e. The van der Waals surface area contributed by atoms with E-state index in [-0.39, 0.29) is 12.0 Å². The van der Waals surface area contributed by atoms with E-state index in [2.05, 4.69) is 27.1 Å². The van der Waals surface area contributed by atoms with E-state index in [4.69, 9.17) is 25.3 Å². The number of nitrogens with one attached hydrogen (secondary N) is 1. The van der Waals surface area contributed by atoms with Crippen molar-refractivity contribution in [3.8, 4) is 5.75 Å². The molecule has 3 aromatic heterocycles. The van der Waals surface area contributed by atoms with Gasteiger partial charge < -0.3 is 25.4 Å². The smallest absolute Gasteiger partial charge is 0.410 e. The summed E-state index contributed by atoms with van der Waals surface area (Å²) in [6, 6.07) is 2.02. The van der Waals surface area contributed by atoms with E-state index in [1.165, 1.54) is 0 Å². The average molecular weight is 526 g/mol. The Kier molecular flexibility index (Phi) is 8.50. The number of amides is 1. The predicted molar refractivity (Wildman–Crippen MR) is 146 cm³/mol. The fourth-order valence-corrected chi connectivity index (χ4v) is 4.29. The third-order valence-electron chi connectivity index (χ3n) is 6.20. The summed E-state index contributed by atoms with van der Waals surface area (Å²) >= 11 is 0. The van der Waals surface area contributed by atoms with Gasteiger partial charge in [-0.15, -0.1) is 0 Å². The van der Waals surface area contributed by atoms with Crippen molar-refractivity contribution in [3.63, 3.8) is 0 Å². The number of nitrogens with zero attached hydrogens (tertiary/aromatic N) is 7. The first-order chi connectivity index (χ1) is 18.1. The Morgan fingerprint density at radius 2 is 1.92 bits per heavy atom. The molecule has 38 heavy (non-hydrogen) atoms. The van der Waals surface area contributed by atoms with Gasteiger partial charge in [0.05, 0.1) is 19.9 Å². The number of nitrogens with two attached hydrogens (primary N) is 1. The summed E-state index contributed by atoms with van der Waals surface area (Å²) in [5.74, 6) is 1.55. The number of rotatable bonds is 9. The van der Waals surface area contributed by atoms with Gasteiger partial charge in [-0.1, -0.05) is 13.3 Å². The molecule has 1 aliphatic rings. The highest BCUT2D eigenvalue weighted by molar-refractivity contribution is 5.85. The SMILES string of the molecule is CCCCNc1nc(N)nc2cn(Cc3ncc(CN4CCN(C(=O)OC(C)(C)C)CC4)cc3OC)nc12. The normalized spacial score (nSPS) is 14.6. The zero-order valence-corrected chi connectivity index (χ0v) is 23.0. The number of piperazine rings is 1. The number of carbonyl (C=O) groups excluding carboxylic acids is 1. The molecule has 0 saturated carbocycles. The maximum Gasteiger partial charge on any atom is 0.410 e. The van der Waals surface area contributed by atoms with Crippen LogP contribution in [0, 0.1) is 0 Å². The molecule has 4 rings (SSSR count). The minimum absolute atomic E-state index is 0.211. The van der Waals surface area contributed by atoms with Crippen LogP contribution in [0.2, 0.25) is 0 Å². The van der Waals surface area contributed by atoms with E-state index in [0.717, 1.165) is 50.3 Å². The van der Waals surface area contributed by atoms with Gasteiger partial charge in [0.2, 0.25) is 5.95 Å². The molecule has 12 heteroatoms. The third-order valence-corrected chi connectivity index (χ3v) is 6.20. The highest BCUT2D eigenvalue weighted by Gasteiger charge is 2.26. The van der Waals surface area contributed by atoms with Crippen molar-refractivity contribution < 1.29 is 14.3 Å². The summed E-state index contributed by atoms with van der Waals surface area (Å²) in [6.45, 7) is 12.5. The second-order valence-corrected chi connectivity index (χ2v) is 10.5. The summed E-state index contributed by atoms with van der Waals surface area (Å²) in [5.41, 5.74) is 8.59. The molecule has 0 bridgehead atoms. The van der Waals surface area contributed by atoms with Crippen molar-refractivity contribution in [1.29, 1.82) is 0 Å². The Bertz CT molecular complexity index is 1250. The monoisotopic (exact) mass is 525 g/mol. The molecule has 0 atom stereocenters. The molecule has 3 aromatic rings. The van der Waals surface area contributed by atoms with E-state index < -0.39 is 5.60 Å². The first-order valence-corrected chi connectivity index (χ1v) is 13.1. The van der Waals surface area contributed by atoms with Gasteiger partial charge in [0.1, 0.15) is 22.6 Å². The quantitative estimate of drug-likeness (QED) is 0.401. The topological polar surface area (TPSA) is 137 Å². The lowest BCUT2D eigenvalue weighted by molar-refractivity contribution is 0.0139. The Labute approximate surface area is 223 Å². The van der Waals surface area contributed by atoms with Crippen molar-refractivity contribution in [2.24, 2.45) is 0 Å². The van der Waals surface area contributed by atoms with E-state index in [1.54, 1.807) is 16.7 Å². The standard InChI is InChI=1S/C26H39N9O3/c1-6-7-8-28-23-22-20(30-24(27)31-23)17-35(32-22)16-19-21(37-5)13-18(14-29-19)15-33-9-11-34(12-10-33)25(36)38-26(2,3)4/h13-14,17H,6-12,15-16H2,1-5H3,(H3,27,28,30,31). The zero-order valence-electron chi connectivity index (χ0n) is 23.0. The Hall–Kier alpha value is -3.67. The molecule has 206 valence electrons.